The van der Waals surface area contributed by atoms with E-state index in [9.17, 15) is 14.7 Å². The van der Waals surface area contributed by atoms with Crippen LogP contribution in [-0.4, -0.2) is 26.9 Å². The Bertz CT molecular complexity index is 675. The van der Waals surface area contributed by atoms with E-state index in [1.807, 2.05) is 0 Å². The van der Waals surface area contributed by atoms with Gasteiger partial charge < -0.3 is 10.2 Å². The van der Waals surface area contributed by atoms with Crippen LogP contribution in [0.5, 0.6) is 5.75 Å². The number of carbonyl (C=O) groups is 2. The van der Waals surface area contributed by atoms with Gasteiger partial charge in [0, 0.05) is 5.56 Å². The highest BCUT2D eigenvalue weighted by molar-refractivity contribution is 7.17. The van der Waals surface area contributed by atoms with Crippen LogP contribution in [0.25, 0.3) is 10.6 Å². The second kappa shape index (κ2) is 4.81. The molecule has 0 aliphatic carbocycles. The zero-order valence-electron chi connectivity index (χ0n) is 10.3. The number of Topliss-reactive ketones (excluding diaryl/α,β-unsaturated/α-hetero) is 1. The third kappa shape index (κ3) is 2.48. The van der Waals surface area contributed by atoms with Crippen molar-refractivity contribution in [2.24, 2.45) is 0 Å². The number of carboxylic acids is 1. The topological polar surface area (TPSA) is 87.5 Å². The molecule has 5 nitrogen and oxygen atoms in total. The molecule has 0 spiro atoms. The van der Waals surface area contributed by atoms with Crippen molar-refractivity contribution in [3.05, 3.63) is 34.3 Å². The molecule has 0 radical (unpaired) electrons. The number of benzene rings is 1. The molecule has 98 valence electrons. The first-order valence-corrected chi connectivity index (χ1v) is 6.27. The fourth-order valence-corrected chi connectivity index (χ4v) is 2.57. The van der Waals surface area contributed by atoms with Crippen LogP contribution in [0, 0.1) is 6.92 Å². The number of thiazole rings is 1. The molecule has 0 amide bonds. The van der Waals surface area contributed by atoms with E-state index >= 15 is 0 Å². The molecule has 0 unspecified atom stereocenters. The largest absolute Gasteiger partial charge is 0.507 e. The molecule has 19 heavy (non-hydrogen) atoms. The van der Waals surface area contributed by atoms with Crippen molar-refractivity contribution in [3.63, 3.8) is 0 Å². The van der Waals surface area contributed by atoms with Gasteiger partial charge in [-0.2, -0.15) is 0 Å². The molecule has 0 fully saturated rings. The van der Waals surface area contributed by atoms with Gasteiger partial charge in [-0.05, 0) is 32.0 Å². The molecule has 2 rings (SSSR count). The van der Waals surface area contributed by atoms with Gasteiger partial charge in [0.2, 0.25) is 0 Å². The Labute approximate surface area is 113 Å². The molecule has 0 aliphatic heterocycles. The van der Waals surface area contributed by atoms with E-state index in [1.54, 1.807) is 6.92 Å². The maximum Gasteiger partial charge on any atom is 0.347 e. The summed E-state index contributed by atoms with van der Waals surface area (Å²) in [6.45, 7) is 3.02. The van der Waals surface area contributed by atoms with E-state index < -0.39 is 5.97 Å². The van der Waals surface area contributed by atoms with Crippen molar-refractivity contribution in [2.75, 3.05) is 0 Å². The minimum atomic E-state index is -1.05. The summed E-state index contributed by atoms with van der Waals surface area (Å²) >= 11 is 0.973. The summed E-state index contributed by atoms with van der Waals surface area (Å²) in [6, 6.07) is 4.44. The smallest absolute Gasteiger partial charge is 0.347 e. The molecule has 2 N–H and O–H groups in total. The number of hydrogen-bond donors (Lipinski definition) is 2. The summed E-state index contributed by atoms with van der Waals surface area (Å²) in [4.78, 5) is 26.6. The lowest BCUT2D eigenvalue weighted by Crippen LogP contribution is -1.94. The van der Waals surface area contributed by atoms with Crippen molar-refractivity contribution in [1.29, 1.82) is 0 Å². The van der Waals surface area contributed by atoms with Crippen molar-refractivity contribution in [3.8, 4) is 16.3 Å². The number of ketones is 1. The lowest BCUT2D eigenvalue weighted by Gasteiger charge is -2.03. The Morgan fingerprint density at radius 2 is 2.00 bits per heavy atom. The molecule has 0 aliphatic rings. The number of rotatable bonds is 3. The summed E-state index contributed by atoms with van der Waals surface area (Å²) in [7, 11) is 0. The average Bonchev–Trinajstić information content (AvgIpc) is 2.71. The molecule has 1 aromatic carbocycles. The van der Waals surface area contributed by atoms with Crippen LogP contribution >= 0.6 is 11.3 Å². The number of carboxylic acid groups (broad SMARTS) is 1. The lowest BCUT2D eigenvalue weighted by molar-refractivity contribution is 0.0701. The quantitative estimate of drug-likeness (QED) is 0.842. The first-order chi connectivity index (χ1) is 8.90. The van der Waals surface area contributed by atoms with Crippen LogP contribution in [0.2, 0.25) is 0 Å². The number of aromatic hydroxyl groups is 1. The zero-order chi connectivity index (χ0) is 14.2. The van der Waals surface area contributed by atoms with Crippen molar-refractivity contribution in [1.82, 2.24) is 4.98 Å². The average molecular weight is 277 g/mol. The van der Waals surface area contributed by atoms with Gasteiger partial charge in [-0.25, -0.2) is 9.78 Å². The van der Waals surface area contributed by atoms with Crippen molar-refractivity contribution >= 4 is 23.1 Å². The third-order valence-electron chi connectivity index (χ3n) is 2.62. The normalized spacial score (nSPS) is 10.4. The second-order valence-electron chi connectivity index (χ2n) is 4.03. The second-order valence-corrected chi connectivity index (χ2v) is 5.03. The number of aryl methyl sites for hydroxylation is 1. The number of aromatic carboxylic acids is 1. The molecule has 6 heteroatoms. The number of carbonyl (C=O) groups excluding carboxylic acids is 1. The number of nitrogens with zero attached hydrogens (tertiary/aromatic N) is 1. The van der Waals surface area contributed by atoms with E-state index in [2.05, 4.69) is 4.98 Å². The number of phenols is 1. The van der Waals surface area contributed by atoms with Gasteiger partial charge in [-0.3, -0.25) is 4.79 Å². The van der Waals surface area contributed by atoms with Crippen LogP contribution in [0.4, 0.5) is 0 Å². The molecule has 0 saturated heterocycles. The summed E-state index contributed by atoms with van der Waals surface area (Å²) in [6.07, 6.45) is 0. The van der Waals surface area contributed by atoms with Crippen molar-refractivity contribution < 1.29 is 19.8 Å². The maximum absolute atomic E-state index is 11.3. The van der Waals surface area contributed by atoms with Crippen LogP contribution in [0.3, 0.4) is 0 Å². The van der Waals surface area contributed by atoms with Crippen LogP contribution in [-0.2, 0) is 0 Å². The fraction of sp³-hybridized carbons (Fsp3) is 0.154. The summed E-state index contributed by atoms with van der Waals surface area (Å²) in [5.74, 6) is -1.22. The molecular formula is C13H11NO4S. The standard InChI is InChI=1S/C13H11NO4S/c1-6-11(13(17)18)19-12(14-6)9-5-8(7(2)15)3-4-10(9)16/h3-5,16H,1-2H3,(H,17,18). The predicted molar refractivity (Wildman–Crippen MR) is 70.9 cm³/mol. The summed E-state index contributed by atoms with van der Waals surface area (Å²) in [5.41, 5.74) is 1.20. The molecule has 1 aromatic heterocycles. The minimum Gasteiger partial charge on any atom is -0.507 e. The van der Waals surface area contributed by atoms with Gasteiger partial charge in [0.15, 0.2) is 5.78 Å². The fourth-order valence-electron chi connectivity index (χ4n) is 1.64. The number of aromatic nitrogens is 1. The maximum atomic E-state index is 11.3. The molecular weight excluding hydrogens is 266 g/mol. The zero-order valence-corrected chi connectivity index (χ0v) is 11.1. The SMILES string of the molecule is CC(=O)c1ccc(O)c(-c2nc(C)c(C(=O)O)s2)c1. The molecule has 1 heterocycles. The number of hydrogen-bond acceptors (Lipinski definition) is 5. The predicted octanol–water partition coefficient (Wildman–Crippen LogP) is 2.72. The van der Waals surface area contributed by atoms with E-state index in [0.29, 0.717) is 21.8 Å². The highest BCUT2D eigenvalue weighted by Gasteiger charge is 2.17. The molecule has 0 saturated carbocycles. The van der Waals surface area contributed by atoms with E-state index in [4.69, 9.17) is 5.11 Å². The highest BCUT2D eigenvalue weighted by Crippen LogP contribution is 2.34. The first-order valence-electron chi connectivity index (χ1n) is 5.45. The number of phenolic OH excluding ortho intramolecular Hbond substituents is 1. The van der Waals surface area contributed by atoms with Gasteiger partial charge in [0.25, 0.3) is 0 Å². The van der Waals surface area contributed by atoms with E-state index in [-0.39, 0.29) is 16.4 Å². The van der Waals surface area contributed by atoms with Crippen LogP contribution in [0.1, 0.15) is 32.6 Å². The van der Waals surface area contributed by atoms with E-state index in [1.165, 1.54) is 25.1 Å². The van der Waals surface area contributed by atoms with Gasteiger partial charge in [-0.1, -0.05) is 0 Å². The Morgan fingerprint density at radius 1 is 1.32 bits per heavy atom. The van der Waals surface area contributed by atoms with Gasteiger partial charge in [0.05, 0.1) is 11.3 Å². The first kappa shape index (κ1) is 13.2. The highest BCUT2D eigenvalue weighted by atomic mass is 32.1. The molecule has 2 aromatic rings. The lowest BCUT2D eigenvalue weighted by atomic mass is 10.1. The van der Waals surface area contributed by atoms with Gasteiger partial charge in [-0.15, -0.1) is 11.3 Å². The van der Waals surface area contributed by atoms with Crippen molar-refractivity contribution in [2.45, 2.75) is 13.8 Å². The van der Waals surface area contributed by atoms with Gasteiger partial charge >= 0.3 is 5.97 Å². The third-order valence-corrected chi connectivity index (χ3v) is 3.80. The van der Waals surface area contributed by atoms with Crippen LogP contribution < -0.4 is 0 Å². The summed E-state index contributed by atoms with van der Waals surface area (Å²) in [5, 5.41) is 19.2. The Balaban J connectivity index is 2.58. The molecule has 0 bridgehead atoms. The Morgan fingerprint density at radius 3 is 2.53 bits per heavy atom. The summed E-state index contributed by atoms with van der Waals surface area (Å²) < 4.78 is 0. The Kier molecular flexibility index (Phi) is 3.35. The Hall–Kier alpha value is -2.21. The minimum absolute atomic E-state index is 0.0318. The van der Waals surface area contributed by atoms with Gasteiger partial charge in [0.1, 0.15) is 15.6 Å². The molecule has 0 atom stereocenters. The van der Waals surface area contributed by atoms with Crippen LogP contribution in [0.15, 0.2) is 18.2 Å². The van der Waals surface area contributed by atoms with E-state index in [0.717, 1.165) is 11.3 Å². The monoisotopic (exact) mass is 277 g/mol.